The van der Waals surface area contributed by atoms with Crippen LogP contribution in [0.3, 0.4) is 0 Å². The molecule has 1 aromatic heterocycles. The number of benzene rings is 1. The van der Waals surface area contributed by atoms with Crippen LogP contribution < -0.4 is 10.2 Å². The third-order valence-electron chi connectivity index (χ3n) is 3.51. The van der Waals surface area contributed by atoms with E-state index < -0.39 is 0 Å². The first kappa shape index (κ1) is 14.1. The van der Waals surface area contributed by atoms with Crippen LogP contribution in [-0.2, 0) is 4.79 Å². The number of aromatic nitrogens is 1. The molecule has 0 radical (unpaired) electrons. The zero-order valence-corrected chi connectivity index (χ0v) is 11.8. The number of pyridine rings is 1. The Kier molecular flexibility index (Phi) is 3.74. The Morgan fingerprint density at radius 2 is 2.14 bits per heavy atom. The van der Waals surface area contributed by atoms with E-state index in [1.807, 2.05) is 0 Å². The highest BCUT2D eigenvalue weighted by atomic mass is 16.3. The van der Waals surface area contributed by atoms with Crippen LogP contribution in [-0.4, -0.2) is 28.4 Å². The molecule has 6 heteroatoms. The SMILES string of the molecule is O=C(Nc1ncccc1O)c1cccc(N2CCCC2=O)c1. The quantitative estimate of drug-likeness (QED) is 0.909. The monoisotopic (exact) mass is 297 g/mol. The Morgan fingerprint density at radius 3 is 2.86 bits per heavy atom. The lowest BCUT2D eigenvalue weighted by atomic mass is 10.1. The second-order valence-electron chi connectivity index (χ2n) is 5.02. The van der Waals surface area contributed by atoms with Gasteiger partial charge in [0.25, 0.3) is 5.91 Å². The largest absolute Gasteiger partial charge is 0.504 e. The van der Waals surface area contributed by atoms with Gasteiger partial charge in [-0.05, 0) is 36.8 Å². The van der Waals surface area contributed by atoms with Crippen LogP contribution in [0.25, 0.3) is 0 Å². The zero-order valence-electron chi connectivity index (χ0n) is 11.8. The Hall–Kier alpha value is -2.89. The minimum atomic E-state index is -0.387. The smallest absolute Gasteiger partial charge is 0.256 e. The Labute approximate surface area is 127 Å². The van der Waals surface area contributed by atoms with Gasteiger partial charge in [0, 0.05) is 30.4 Å². The summed E-state index contributed by atoms with van der Waals surface area (Å²) < 4.78 is 0. The van der Waals surface area contributed by atoms with Crippen molar-refractivity contribution in [3.05, 3.63) is 48.2 Å². The molecule has 1 aliphatic heterocycles. The average molecular weight is 297 g/mol. The molecule has 2 aromatic rings. The first-order valence-electron chi connectivity index (χ1n) is 7.01. The topological polar surface area (TPSA) is 82.5 Å². The average Bonchev–Trinajstić information content (AvgIpc) is 2.96. The summed E-state index contributed by atoms with van der Waals surface area (Å²) in [7, 11) is 0. The molecular formula is C16H15N3O3. The van der Waals surface area contributed by atoms with Crippen LogP contribution in [0.5, 0.6) is 5.75 Å². The summed E-state index contributed by atoms with van der Waals surface area (Å²) in [4.78, 5) is 29.6. The molecule has 2 heterocycles. The lowest BCUT2D eigenvalue weighted by molar-refractivity contribution is -0.117. The molecular weight excluding hydrogens is 282 g/mol. The number of hydrogen-bond donors (Lipinski definition) is 2. The highest BCUT2D eigenvalue weighted by Crippen LogP contribution is 2.23. The summed E-state index contributed by atoms with van der Waals surface area (Å²) in [6.07, 6.45) is 2.85. The number of amides is 2. The van der Waals surface area contributed by atoms with E-state index in [2.05, 4.69) is 10.3 Å². The van der Waals surface area contributed by atoms with E-state index in [1.165, 1.54) is 12.3 Å². The van der Waals surface area contributed by atoms with Crippen molar-refractivity contribution in [2.75, 3.05) is 16.8 Å². The van der Waals surface area contributed by atoms with Gasteiger partial charge in [-0.1, -0.05) is 6.07 Å². The number of carbonyl (C=O) groups is 2. The fraction of sp³-hybridized carbons (Fsp3) is 0.188. The van der Waals surface area contributed by atoms with Crippen LogP contribution in [0.1, 0.15) is 23.2 Å². The Morgan fingerprint density at radius 1 is 1.27 bits per heavy atom. The number of aromatic hydroxyl groups is 1. The Bertz CT molecular complexity index is 730. The molecule has 2 amide bonds. The van der Waals surface area contributed by atoms with Gasteiger partial charge >= 0.3 is 0 Å². The van der Waals surface area contributed by atoms with Gasteiger partial charge in [0.05, 0.1) is 0 Å². The van der Waals surface area contributed by atoms with E-state index in [-0.39, 0.29) is 23.4 Å². The first-order valence-corrected chi connectivity index (χ1v) is 7.01. The van der Waals surface area contributed by atoms with Crippen molar-refractivity contribution in [3.63, 3.8) is 0 Å². The van der Waals surface area contributed by atoms with Gasteiger partial charge in [0.2, 0.25) is 5.91 Å². The molecule has 6 nitrogen and oxygen atoms in total. The van der Waals surface area contributed by atoms with Crippen LogP contribution >= 0.6 is 0 Å². The van der Waals surface area contributed by atoms with Gasteiger partial charge < -0.3 is 15.3 Å². The number of hydrogen-bond acceptors (Lipinski definition) is 4. The Balaban J connectivity index is 1.81. The van der Waals surface area contributed by atoms with Crippen molar-refractivity contribution < 1.29 is 14.7 Å². The van der Waals surface area contributed by atoms with Crippen LogP contribution in [0, 0.1) is 0 Å². The number of anilines is 2. The van der Waals surface area contributed by atoms with Gasteiger partial charge in [-0.15, -0.1) is 0 Å². The van der Waals surface area contributed by atoms with Crippen molar-refractivity contribution in [1.29, 1.82) is 0 Å². The molecule has 22 heavy (non-hydrogen) atoms. The highest BCUT2D eigenvalue weighted by molar-refractivity contribution is 6.05. The lowest BCUT2D eigenvalue weighted by Gasteiger charge is -2.16. The maximum atomic E-state index is 12.2. The predicted molar refractivity (Wildman–Crippen MR) is 81.9 cm³/mol. The molecule has 1 saturated heterocycles. The predicted octanol–water partition coefficient (Wildman–Crippen LogP) is 2.17. The second kappa shape index (κ2) is 5.85. The summed E-state index contributed by atoms with van der Waals surface area (Å²) in [6.45, 7) is 0.672. The normalized spacial score (nSPS) is 14.2. The van der Waals surface area contributed by atoms with E-state index >= 15 is 0 Å². The van der Waals surface area contributed by atoms with E-state index in [0.717, 1.165) is 6.42 Å². The third-order valence-corrected chi connectivity index (χ3v) is 3.51. The maximum Gasteiger partial charge on any atom is 0.256 e. The van der Waals surface area contributed by atoms with Crippen molar-refractivity contribution in [2.45, 2.75) is 12.8 Å². The molecule has 0 aliphatic carbocycles. The van der Waals surface area contributed by atoms with Crippen molar-refractivity contribution in [1.82, 2.24) is 4.98 Å². The lowest BCUT2D eigenvalue weighted by Crippen LogP contribution is -2.24. The molecule has 0 unspecified atom stereocenters. The molecule has 0 saturated carbocycles. The van der Waals surface area contributed by atoms with E-state index in [9.17, 15) is 14.7 Å². The minimum absolute atomic E-state index is 0.0694. The summed E-state index contributed by atoms with van der Waals surface area (Å²) in [5.74, 6) is -0.306. The number of carbonyl (C=O) groups excluding carboxylic acids is 2. The summed E-state index contributed by atoms with van der Waals surface area (Å²) in [5, 5.41) is 12.2. The van der Waals surface area contributed by atoms with Crippen LogP contribution in [0.15, 0.2) is 42.6 Å². The molecule has 0 atom stereocenters. The van der Waals surface area contributed by atoms with Gasteiger partial charge in [0.1, 0.15) is 0 Å². The third kappa shape index (κ3) is 2.76. The molecule has 0 spiro atoms. The van der Waals surface area contributed by atoms with Crippen LogP contribution in [0.2, 0.25) is 0 Å². The second-order valence-corrected chi connectivity index (χ2v) is 5.02. The zero-order chi connectivity index (χ0) is 15.5. The fourth-order valence-electron chi connectivity index (χ4n) is 2.41. The van der Waals surface area contributed by atoms with E-state index in [1.54, 1.807) is 35.2 Å². The molecule has 112 valence electrons. The van der Waals surface area contributed by atoms with Gasteiger partial charge in [-0.2, -0.15) is 0 Å². The molecule has 1 fully saturated rings. The van der Waals surface area contributed by atoms with E-state index in [4.69, 9.17) is 0 Å². The molecule has 2 N–H and O–H groups in total. The number of nitrogens with one attached hydrogen (secondary N) is 1. The van der Waals surface area contributed by atoms with Gasteiger partial charge in [0.15, 0.2) is 11.6 Å². The molecule has 0 bridgehead atoms. The molecule has 1 aromatic carbocycles. The fourth-order valence-corrected chi connectivity index (χ4v) is 2.41. The van der Waals surface area contributed by atoms with Crippen molar-refractivity contribution in [3.8, 4) is 5.75 Å². The highest BCUT2D eigenvalue weighted by Gasteiger charge is 2.22. The maximum absolute atomic E-state index is 12.2. The summed E-state index contributed by atoms with van der Waals surface area (Å²) >= 11 is 0. The van der Waals surface area contributed by atoms with E-state index in [0.29, 0.717) is 24.2 Å². The van der Waals surface area contributed by atoms with Crippen molar-refractivity contribution in [2.24, 2.45) is 0 Å². The van der Waals surface area contributed by atoms with Crippen LogP contribution in [0.4, 0.5) is 11.5 Å². The van der Waals surface area contributed by atoms with Crippen molar-refractivity contribution >= 4 is 23.3 Å². The molecule has 3 rings (SSSR count). The van der Waals surface area contributed by atoms with Gasteiger partial charge in [-0.3, -0.25) is 9.59 Å². The minimum Gasteiger partial charge on any atom is -0.504 e. The summed E-state index contributed by atoms with van der Waals surface area (Å²) in [5.41, 5.74) is 1.11. The number of nitrogens with zero attached hydrogens (tertiary/aromatic N) is 2. The summed E-state index contributed by atoms with van der Waals surface area (Å²) in [6, 6.07) is 9.87. The first-order chi connectivity index (χ1) is 10.6. The number of rotatable bonds is 3. The van der Waals surface area contributed by atoms with Gasteiger partial charge in [-0.25, -0.2) is 4.98 Å². The molecule has 1 aliphatic rings. The standard InChI is InChI=1S/C16H15N3O3/c20-13-6-2-8-17-15(13)18-16(22)11-4-1-5-12(10-11)19-9-3-7-14(19)21/h1-2,4-6,8,10,20H,3,7,9H2,(H,17,18,22).